The first-order valence-corrected chi connectivity index (χ1v) is 6.71. The van der Waals surface area contributed by atoms with Gasteiger partial charge in [-0.3, -0.25) is 0 Å². The van der Waals surface area contributed by atoms with Crippen LogP contribution in [-0.4, -0.2) is 31.3 Å². The van der Waals surface area contributed by atoms with Gasteiger partial charge in [-0.05, 0) is 25.5 Å². The van der Waals surface area contributed by atoms with Crippen molar-refractivity contribution in [3.8, 4) is 5.88 Å². The van der Waals surface area contributed by atoms with Crippen LogP contribution in [0, 0.1) is 0 Å². The summed E-state index contributed by atoms with van der Waals surface area (Å²) >= 11 is 6.08. The average Bonchev–Trinajstić information content (AvgIpc) is 2.38. The van der Waals surface area contributed by atoms with Crippen molar-refractivity contribution in [2.24, 2.45) is 0 Å². The SMILES string of the molecule is CCCNCc1cc(OCCOCC)ncc1Cl. The van der Waals surface area contributed by atoms with E-state index in [1.165, 1.54) is 0 Å². The molecule has 5 heteroatoms. The molecule has 0 aromatic carbocycles. The summed E-state index contributed by atoms with van der Waals surface area (Å²) in [6, 6.07) is 1.87. The summed E-state index contributed by atoms with van der Waals surface area (Å²) < 4.78 is 10.7. The maximum absolute atomic E-state index is 6.08. The second-order valence-corrected chi connectivity index (χ2v) is 4.24. The van der Waals surface area contributed by atoms with Crippen LogP contribution in [0.25, 0.3) is 0 Å². The highest BCUT2D eigenvalue weighted by molar-refractivity contribution is 6.31. The van der Waals surface area contributed by atoms with Crippen LogP contribution in [0.15, 0.2) is 12.3 Å². The van der Waals surface area contributed by atoms with Gasteiger partial charge in [-0.1, -0.05) is 18.5 Å². The molecule has 1 rings (SSSR count). The number of hydrogen-bond donors (Lipinski definition) is 1. The van der Waals surface area contributed by atoms with E-state index in [0.29, 0.717) is 30.7 Å². The molecule has 1 aromatic heterocycles. The molecule has 1 N–H and O–H groups in total. The Kier molecular flexibility index (Phi) is 7.73. The van der Waals surface area contributed by atoms with E-state index in [4.69, 9.17) is 21.1 Å². The lowest BCUT2D eigenvalue weighted by Crippen LogP contribution is -2.14. The van der Waals surface area contributed by atoms with E-state index < -0.39 is 0 Å². The molecule has 1 heterocycles. The van der Waals surface area contributed by atoms with E-state index in [0.717, 1.165) is 25.1 Å². The number of ether oxygens (including phenoxy) is 2. The lowest BCUT2D eigenvalue weighted by atomic mass is 10.2. The molecule has 0 saturated carbocycles. The highest BCUT2D eigenvalue weighted by atomic mass is 35.5. The lowest BCUT2D eigenvalue weighted by molar-refractivity contribution is 0.108. The number of pyridine rings is 1. The maximum atomic E-state index is 6.08. The molecule has 0 amide bonds. The summed E-state index contributed by atoms with van der Waals surface area (Å²) in [7, 11) is 0. The van der Waals surface area contributed by atoms with Crippen molar-refractivity contribution in [1.82, 2.24) is 10.3 Å². The van der Waals surface area contributed by atoms with Gasteiger partial charge in [0.15, 0.2) is 0 Å². The largest absolute Gasteiger partial charge is 0.475 e. The summed E-state index contributed by atoms with van der Waals surface area (Å²) in [6.45, 7) is 7.57. The quantitative estimate of drug-likeness (QED) is 0.702. The standard InChI is InChI=1S/C13H21ClN2O2/c1-3-5-15-9-11-8-13(16-10-12(11)14)18-7-6-17-4-2/h8,10,15H,3-7,9H2,1-2H3. The Morgan fingerprint density at radius 1 is 1.33 bits per heavy atom. The van der Waals surface area contributed by atoms with Crippen LogP contribution < -0.4 is 10.1 Å². The number of nitrogens with zero attached hydrogens (tertiary/aromatic N) is 1. The minimum Gasteiger partial charge on any atom is -0.475 e. The van der Waals surface area contributed by atoms with Crippen LogP contribution >= 0.6 is 11.6 Å². The Balaban J connectivity index is 2.46. The van der Waals surface area contributed by atoms with E-state index in [1.807, 2.05) is 13.0 Å². The molecule has 0 saturated heterocycles. The van der Waals surface area contributed by atoms with E-state index in [2.05, 4.69) is 17.2 Å². The molecule has 0 radical (unpaired) electrons. The van der Waals surface area contributed by atoms with Gasteiger partial charge in [0.25, 0.3) is 0 Å². The second kappa shape index (κ2) is 9.14. The van der Waals surface area contributed by atoms with E-state index >= 15 is 0 Å². The second-order valence-electron chi connectivity index (χ2n) is 3.84. The number of hydrogen-bond acceptors (Lipinski definition) is 4. The summed E-state index contributed by atoms with van der Waals surface area (Å²) in [6.07, 6.45) is 2.72. The normalized spacial score (nSPS) is 10.6. The third kappa shape index (κ3) is 5.67. The van der Waals surface area contributed by atoms with Crippen molar-refractivity contribution in [2.75, 3.05) is 26.4 Å². The molecular weight excluding hydrogens is 252 g/mol. The molecular formula is C13H21ClN2O2. The third-order valence-electron chi connectivity index (χ3n) is 2.33. The molecule has 18 heavy (non-hydrogen) atoms. The maximum Gasteiger partial charge on any atom is 0.213 e. The first kappa shape index (κ1) is 15.2. The van der Waals surface area contributed by atoms with Crippen LogP contribution in [-0.2, 0) is 11.3 Å². The van der Waals surface area contributed by atoms with Crippen LogP contribution in [0.2, 0.25) is 5.02 Å². The van der Waals surface area contributed by atoms with Gasteiger partial charge in [-0.25, -0.2) is 4.98 Å². The predicted molar refractivity (Wildman–Crippen MR) is 73.2 cm³/mol. The molecule has 0 unspecified atom stereocenters. The van der Waals surface area contributed by atoms with Crippen LogP contribution in [0.1, 0.15) is 25.8 Å². The highest BCUT2D eigenvalue weighted by Gasteiger charge is 2.04. The number of rotatable bonds is 9. The van der Waals surface area contributed by atoms with Crippen LogP contribution in [0.3, 0.4) is 0 Å². The zero-order valence-corrected chi connectivity index (χ0v) is 11.8. The molecule has 1 aromatic rings. The Labute approximate surface area is 114 Å². The zero-order chi connectivity index (χ0) is 13.2. The minimum atomic E-state index is 0.504. The number of halogens is 1. The van der Waals surface area contributed by atoms with Crippen molar-refractivity contribution in [3.63, 3.8) is 0 Å². The van der Waals surface area contributed by atoms with Crippen molar-refractivity contribution >= 4 is 11.6 Å². The number of aromatic nitrogens is 1. The fourth-order valence-corrected chi connectivity index (χ4v) is 1.59. The summed E-state index contributed by atoms with van der Waals surface area (Å²) in [5.41, 5.74) is 1.01. The van der Waals surface area contributed by atoms with Gasteiger partial charge < -0.3 is 14.8 Å². The van der Waals surface area contributed by atoms with Gasteiger partial charge in [-0.15, -0.1) is 0 Å². The third-order valence-corrected chi connectivity index (χ3v) is 2.67. The molecule has 0 aliphatic rings. The van der Waals surface area contributed by atoms with Crippen LogP contribution in [0.4, 0.5) is 0 Å². The van der Waals surface area contributed by atoms with Crippen molar-refractivity contribution < 1.29 is 9.47 Å². The Morgan fingerprint density at radius 2 is 2.17 bits per heavy atom. The van der Waals surface area contributed by atoms with E-state index in [9.17, 15) is 0 Å². The molecule has 0 atom stereocenters. The van der Waals surface area contributed by atoms with E-state index in [1.54, 1.807) is 6.20 Å². The van der Waals surface area contributed by atoms with Gasteiger partial charge in [0, 0.05) is 25.4 Å². The monoisotopic (exact) mass is 272 g/mol. The Morgan fingerprint density at radius 3 is 2.89 bits per heavy atom. The first-order chi connectivity index (χ1) is 8.77. The van der Waals surface area contributed by atoms with Crippen molar-refractivity contribution in [3.05, 3.63) is 22.8 Å². The Bertz CT molecular complexity index is 348. The fraction of sp³-hybridized carbons (Fsp3) is 0.615. The summed E-state index contributed by atoms with van der Waals surface area (Å²) in [4.78, 5) is 4.13. The zero-order valence-electron chi connectivity index (χ0n) is 11.0. The molecule has 0 aliphatic carbocycles. The van der Waals surface area contributed by atoms with E-state index in [-0.39, 0.29) is 0 Å². The molecule has 0 aliphatic heterocycles. The summed E-state index contributed by atoms with van der Waals surface area (Å²) in [5, 5.41) is 3.97. The van der Waals surface area contributed by atoms with Crippen LogP contribution in [0.5, 0.6) is 5.88 Å². The molecule has 0 bridgehead atoms. The lowest BCUT2D eigenvalue weighted by Gasteiger charge is -2.09. The van der Waals surface area contributed by atoms with Gasteiger partial charge in [0.2, 0.25) is 5.88 Å². The topological polar surface area (TPSA) is 43.4 Å². The van der Waals surface area contributed by atoms with Gasteiger partial charge in [-0.2, -0.15) is 0 Å². The van der Waals surface area contributed by atoms with Crippen molar-refractivity contribution in [1.29, 1.82) is 0 Å². The molecule has 4 nitrogen and oxygen atoms in total. The van der Waals surface area contributed by atoms with Gasteiger partial charge in [0.1, 0.15) is 6.61 Å². The average molecular weight is 273 g/mol. The van der Waals surface area contributed by atoms with Gasteiger partial charge >= 0.3 is 0 Å². The predicted octanol–water partition coefficient (Wildman–Crippen LogP) is 2.65. The fourth-order valence-electron chi connectivity index (χ4n) is 1.42. The summed E-state index contributed by atoms with van der Waals surface area (Å²) in [5.74, 6) is 0.590. The molecule has 0 fully saturated rings. The first-order valence-electron chi connectivity index (χ1n) is 6.33. The number of nitrogens with one attached hydrogen (secondary N) is 1. The smallest absolute Gasteiger partial charge is 0.213 e. The van der Waals surface area contributed by atoms with Gasteiger partial charge in [0.05, 0.1) is 11.6 Å². The molecule has 0 spiro atoms. The molecule has 102 valence electrons. The Hall–Kier alpha value is -0.840. The highest BCUT2D eigenvalue weighted by Crippen LogP contribution is 2.19. The van der Waals surface area contributed by atoms with Crippen molar-refractivity contribution in [2.45, 2.75) is 26.8 Å². The minimum absolute atomic E-state index is 0.504.